The van der Waals surface area contributed by atoms with Crippen molar-refractivity contribution in [1.29, 1.82) is 0 Å². The van der Waals surface area contributed by atoms with E-state index in [-0.39, 0.29) is 12.8 Å². The molecular weight excluding hydrogens is 328 g/mol. The van der Waals surface area contributed by atoms with Gasteiger partial charge in [-0.25, -0.2) is 4.79 Å². The molecule has 0 aromatic carbocycles. The minimum atomic E-state index is -1.46. The summed E-state index contributed by atoms with van der Waals surface area (Å²) in [6, 6.07) is 0. The van der Waals surface area contributed by atoms with Crippen molar-refractivity contribution in [3.63, 3.8) is 0 Å². The average molecular weight is 348 g/mol. The molecule has 3 atom stereocenters. The van der Waals surface area contributed by atoms with Gasteiger partial charge < -0.3 is 28.8 Å². The highest BCUT2D eigenvalue weighted by atomic mass is 16.9. The molecule has 0 amide bonds. The molecule has 0 aromatic heterocycles. The largest absolute Gasteiger partial charge is 0.430 e. The SMILES string of the molecule is CC1(C)OC(=O)C(OC(=O)CCC(=O)OC2OC(C)(C)OC2O)O1. The number of hydrogen-bond acceptors (Lipinski definition) is 10. The number of cyclic esters (lactones) is 1. The number of carbonyl (C=O) groups excluding carboxylic acids is 3. The van der Waals surface area contributed by atoms with Crippen molar-refractivity contribution < 1.29 is 47.9 Å². The molecule has 2 rings (SSSR count). The molecule has 1 N–H and O–H groups in total. The van der Waals surface area contributed by atoms with Gasteiger partial charge in [-0.3, -0.25) is 14.3 Å². The minimum Gasteiger partial charge on any atom is -0.430 e. The van der Waals surface area contributed by atoms with Gasteiger partial charge >= 0.3 is 24.2 Å². The highest BCUT2D eigenvalue weighted by Crippen LogP contribution is 2.28. The first-order valence-electron chi connectivity index (χ1n) is 7.31. The second-order valence-electron chi connectivity index (χ2n) is 6.14. The van der Waals surface area contributed by atoms with Crippen LogP contribution in [-0.2, 0) is 42.8 Å². The first kappa shape index (κ1) is 18.6. The van der Waals surface area contributed by atoms with Gasteiger partial charge in [0.25, 0.3) is 6.29 Å². The average Bonchev–Trinajstić information content (AvgIpc) is 2.81. The number of rotatable bonds is 5. The Bertz CT molecular complexity index is 526. The van der Waals surface area contributed by atoms with Crippen molar-refractivity contribution in [3.05, 3.63) is 0 Å². The first-order valence-corrected chi connectivity index (χ1v) is 7.31. The summed E-state index contributed by atoms with van der Waals surface area (Å²) in [6.07, 6.45) is -4.84. The van der Waals surface area contributed by atoms with Crippen LogP contribution in [0.5, 0.6) is 0 Å². The van der Waals surface area contributed by atoms with Gasteiger partial charge in [0, 0.05) is 13.8 Å². The van der Waals surface area contributed by atoms with Crippen molar-refractivity contribution >= 4 is 17.9 Å². The van der Waals surface area contributed by atoms with Crippen molar-refractivity contribution in [1.82, 2.24) is 0 Å². The molecule has 2 aliphatic heterocycles. The lowest BCUT2D eigenvalue weighted by Crippen LogP contribution is -2.29. The van der Waals surface area contributed by atoms with Crippen LogP contribution < -0.4 is 0 Å². The van der Waals surface area contributed by atoms with Crippen LogP contribution in [0.1, 0.15) is 40.5 Å². The van der Waals surface area contributed by atoms with Crippen molar-refractivity contribution in [2.75, 3.05) is 0 Å². The van der Waals surface area contributed by atoms with E-state index in [0.717, 1.165) is 0 Å². The normalized spacial score (nSPS) is 30.7. The predicted molar refractivity (Wildman–Crippen MR) is 72.5 cm³/mol. The lowest BCUT2D eigenvalue weighted by molar-refractivity contribution is -0.203. The smallest absolute Gasteiger partial charge is 0.379 e. The molecule has 0 saturated carbocycles. The van der Waals surface area contributed by atoms with E-state index in [2.05, 4.69) is 0 Å². The Hall–Kier alpha value is -1.75. The van der Waals surface area contributed by atoms with E-state index in [1.165, 1.54) is 13.8 Å². The van der Waals surface area contributed by atoms with E-state index in [1.54, 1.807) is 13.8 Å². The monoisotopic (exact) mass is 348 g/mol. The summed E-state index contributed by atoms with van der Waals surface area (Å²) in [5, 5.41) is 9.53. The van der Waals surface area contributed by atoms with Gasteiger partial charge in [0.1, 0.15) is 0 Å². The third-order valence-electron chi connectivity index (χ3n) is 2.99. The van der Waals surface area contributed by atoms with Gasteiger partial charge in [-0.1, -0.05) is 0 Å². The highest BCUT2D eigenvalue weighted by molar-refractivity contribution is 5.81. The molecule has 24 heavy (non-hydrogen) atoms. The topological polar surface area (TPSA) is 127 Å². The maximum Gasteiger partial charge on any atom is 0.379 e. The van der Waals surface area contributed by atoms with Gasteiger partial charge in [0.05, 0.1) is 12.8 Å². The van der Waals surface area contributed by atoms with Gasteiger partial charge in [-0.05, 0) is 13.8 Å². The fourth-order valence-corrected chi connectivity index (χ4v) is 2.06. The molecule has 136 valence electrons. The molecule has 2 heterocycles. The summed E-state index contributed by atoms with van der Waals surface area (Å²) >= 11 is 0. The Kier molecular flexibility index (Phi) is 5.14. The second kappa shape index (κ2) is 6.63. The number of aliphatic hydroxyl groups excluding tert-OH is 1. The molecule has 0 aliphatic carbocycles. The summed E-state index contributed by atoms with van der Waals surface area (Å²) in [5.74, 6) is -4.72. The number of ether oxygens (including phenoxy) is 6. The zero-order valence-electron chi connectivity index (χ0n) is 13.8. The maximum atomic E-state index is 11.7. The quantitative estimate of drug-likeness (QED) is 0.532. The van der Waals surface area contributed by atoms with Crippen LogP contribution in [0.15, 0.2) is 0 Å². The maximum absolute atomic E-state index is 11.7. The zero-order chi connectivity index (χ0) is 18.1. The van der Waals surface area contributed by atoms with Crippen LogP contribution >= 0.6 is 0 Å². The van der Waals surface area contributed by atoms with Crippen molar-refractivity contribution in [2.24, 2.45) is 0 Å². The Balaban J connectivity index is 1.72. The van der Waals surface area contributed by atoms with E-state index in [9.17, 15) is 19.5 Å². The van der Waals surface area contributed by atoms with Gasteiger partial charge in [0.15, 0.2) is 5.79 Å². The van der Waals surface area contributed by atoms with Gasteiger partial charge in [-0.2, -0.15) is 0 Å². The Morgan fingerprint density at radius 1 is 1.00 bits per heavy atom. The van der Waals surface area contributed by atoms with E-state index >= 15 is 0 Å². The van der Waals surface area contributed by atoms with Gasteiger partial charge in [-0.15, -0.1) is 0 Å². The molecule has 0 spiro atoms. The molecule has 3 unspecified atom stereocenters. The Morgan fingerprint density at radius 2 is 1.58 bits per heavy atom. The third kappa shape index (κ3) is 4.87. The molecule has 2 aliphatic rings. The van der Waals surface area contributed by atoms with Crippen LogP contribution in [0.4, 0.5) is 0 Å². The molecule has 10 heteroatoms. The Labute approximate surface area is 137 Å². The lowest BCUT2D eigenvalue weighted by Gasteiger charge is -2.16. The molecule has 0 aromatic rings. The van der Waals surface area contributed by atoms with Crippen LogP contribution in [0.25, 0.3) is 0 Å². The zero-order valence-corrected chi connectivity index (χ0v) is 13.8. The molecule has 2 saturated heterocycles. The summed E-state index contributed by atoms with van der Waals surface area (Å²) < 4.78 is 29.7. The van der Waals surface area contributed by atoms with Crippen molar-refractivity contribution in [2.45, 2.75) is 71.0 Å². The molecule has 0 radical (unpaired) electrons. The van der Waals surface area contributed by atoms with Crippen molar-refractivity contribution in [3.8, 4) is 0 Å². The Morgan fingerprint density at radius 3 is 2.04 bits per heavy atom. The second-order valence-corrected chi connectivity index (χ2v) is 6.14. The van der Waals surface area contributed by atoms with Crippen LogP contribution in [0.2, 0.25) is 0 Å². The molecule has 0 bridgehead atoms. The molecule has 2 fully saturated rings. The van der Waals surface area contributed by atoms with E-state index < -0.39 is 48.4 Å². The fraction of sp³-hybridized carbons (Fsp3) is 0.786. The van der Waals surface area contributed by atoms with Crippen LogP contribution in [0, 0.1) is 0 Å². The lowest BCUT2D eigenvalue weighted by atomic mass is 10.3. The fourth-order valence-electron chi connectivity index (χ4n) is 2.06. The summed E-state index contributed by atoms with van der Waals surface area (Å²) in [4.78, 5) is 34.7. The summed E-state index contributed by atoms with van der Waals surface area (Å²) in [6.45, 7) is 6.08. The van der Waals surface area contributed by atoms with E-state index in [4.69, 9.17) is 28.4 Å². The standard InChI is InChI=1S/C14H20O10/c1-13(2)21-9(17)11(23-13)19-7(15)5-6-8(16)20-12-10(18)22-14(3,4)24-12/h9,11-12,17H,5-6H2,1-4H3. The first-order chi connectivity index (χ1) is 11.0. The molecule has 10 nitrogen and oxygen atoms in total. The van der Waals surface area contributed by atoms with E-state index in [0.29, 0.717) is 0 Å². The number of aliphatic hydroxyl groups is 1. The van der Waals surface area contributed by atoms with E-state index in [1.807, 2.05) is 0 Å². The number of carbonyl (C=O) groups is 3. The summed E-state index contributed by atoms with van der Waals surface area (Å²) in [5.41, 5.74) is 0. The minimum absolute atomic E-state index is 0.336. The highest BCUT2D eigenvalue weighted by Gasteiger charge is 2.44. The number of esters is 3. The van der Waals surface area contributed by atoms with Crippen LogP contribution in [0.3, 0.4) is 0 Å². The third-order valence-corrected chi connectivity index (χ3v) is 2.99. The van der Waals surface area contributed by atoms with Gasteiger partial charge in [0.2, 0.25) is 12.1 Å². The summed E-state index contributed by atoms with van der Waals surface area (Å²) in [7, 11) is 0. The number of hydrogen-bond donors (Lipinski definition) is 1. The molecular formula is C14H20O10. The predicted octanol–water partition coefficient (Wildman–Crippen LogP) is -0.0840. The van der Waals surface area contributed by atoms with Crippen LogP contribution in [-0.4, -0.2) is 53.5 Å².